The number of rotatable bonds is 3. The van der Waals surface area contributed by atoms with Crippen molar-refractivity contribution < 1.29 is 4.39 Å². The van der Waals surface area contributed by atoms with Gasteiger partial charge in [-0.25, -0.2) is 4.39 Å². The molecule has 0 atom stereocenters. The maximum absolute atomic E-state index is 14.5. The molecule has 2 rings (SSSR count). The van der Waals surface area contributed by atoms with Crippen LogP contribution in [0.1, 0.15) is 31.9 Å². The Balaban J connectivity index is 2.60. The first-order valence-electron chi connectivity index (χ1n) is 8.38. The second-order valence-electron chi connectivity index (χ2n) is 8.80. The molecule has 0 radical (unpaired) electrons. The van der Waals surface area contributed by atoms with E-state index in [1.165, 1.54) is 10.8 Å². The van der Waals surface area contributed by atoms with E-state index in [4.69, 9.17) is 0 Å². The Morgan fingerprint density at radius 1 is 1.00 bits per heavy atom. The Bertz CT molecular complexity index is 703. The third-order valence-electron chi connectivity index (χ3n) is 4.14. The van der Waals surface area contributed by atoms with Crippen LogP contribution in [0.5, 0.6) is 0 Å². The minimum Gasteiger partial charge on any atom is -0.206 e. The minimum atomic E-state index is -1.42. The van der Waals surface area contributed by atoms with Gasteiger partial charge in [-0.2, -0.15) is 0 Å². The van der Waals surface area contributed by atoms with Gasteiger partial charge >= 0.3 is 0 Å². The highest BCUT2D eigenvalue weighted by Crippen LogP contribution is 2.28. The number of benzene rings is 2. The van der Waals surface area contributed by atoms with E-state index in [0.29, 0.717) is 11.1 Å². The van der Waals surface area contributed by atoms with Gasteiger partial charge in [0.1, 0.15) is 5.82 Å². The molecule has 0 aromatic heterocycles. The zero-order valence-electron chi connectivity index (χ0n) is 15.5. The summed E-state index contributed by atoms with van der Waals surface area (Å²) in [5, 5.41) is 1.49. The average molecular weight is 329 g/mol. The predicted octanol–water partition coefficient (Wildman–Crippen LogP) is 5.93. The van der Waals surface area contributed by atoms with Crippen LogP contribution >= 0.6 is 0 Å². The maximum atomic E-state index is 14.5. The Kier molecular flexibility index (Phi) is 4.86. The van der Waals surface area contributed by atoms with Gasteiger partial charge in [-0.1, -0.05) is 82.0 Å². The zero-order valence-corrected chi connectivity index (χ0v) is 16.5. The van der Waals surface area contributed by atoms with E-state index in [2.05, 4.69) is 58.6 Å². The summed E-state index contributed by atoms with van der Waals surface area (Å²) in [6.45, 7) is 15.7. The first-order valence-corrected chi connectivity index (χ1v) is 11.9. The lowest BCUT2D eigenvalue weighted by molar-refractivity contribution is 0.412. The van der Waals surface area contributed by atoms with Crippen molar-refractivity contribution in [2.75, 3.05) is 0 Å². The van der Waals surface area contributed by atoms with Gasteiger partial charge < -0.3 is 0 Å². The van der Waals surface area contributed by atoms with Crippen LogP contribution in [0.4, 0.5) is 4.39 Å². The molecule has 0 nitrogen and oxygen atoms in total. The molecule has 0 saturated heterocycles. The lowest BCUT2D eigenvalue weighted by atomic mass is 9.87. The van der Waals surface area contributed by atoms with Crippen LogP contribution in [0.25, 0.3) is 11.1 Å². The van der Waals surface area contributed by atoms with E-state index >= 15 is 0 Å². The second kappa shape index (κ2) is 6.24. The summed E-state index contributed by atoms with van der Waals surface area (Å²) in [6.07, 6.45) is 1.02. The van der Waals surface area contributed by atoms with Crippen LogP contribution in [0.15, 0.2) is 36.4 Å². The Labute approximate surface area is 141 Å². The summed E-state index contributed by atoms with van der Waals surface area (Å²) in [5.41, 5.74) is 4.01. The highest BCUT2D eigenvalue weighted by Gasteiger charge is 2.23. The first kappa shape index (κ1) is 17.9. The van der Waals surface area contributed by atoms with Crippen LogP contribution < -0.4 is 5.19 Å². The van der Waals surface area contributed by atoms with Crippen LogP contribution in [0, 0.1) is 18.2 Å². The lowest BCUT2D eigenvalue weighted by Crippen LogP contribution is -2.41. The monoisotopic (exact) mass is 328 g/mol. The Hall–Kier alpha value is -1.41. The normalized spacial score (nSPS) is 12.5. The fourth-order valence-electron chi connectivity index (χ4n) is 3.08. The summed E-state index contributed by atoms with van der Waals surface area (Å²) in [4.78, 5) is 0. The van der Waals surface area contributed by atoms with Crippen molar-refractivity contribution in [2.24, 2.45) is 5.41 Å². The molecular formula is C21H29FSi. The van der Waals surface area contributed by atoms with E-state index in [-0.39, 0.29) is 11.2 Å². The first-order chi connectivity index (χ1) is 10.5. The minimum absolute atomic E-state index is 0.102. The molecule has 0 unspecified atom stereocenters. The fourth-order valence-corrected chi connectivity index (χ4v) is 4.79. The molecule has 0 aliphatic carbocycles. The lowest BCUT2D eigenvalue weighted by Gasteiger charge is -2.26. The molecule has 0 fully saturated rings. The number of halogens is 1. The highest BCUT2D eigenvalue weighted by molar-refractivity contribution is 6.89. The predicted molar refractivity (Wildman–Crippen MR) is 103 cm³/mol. The molecule has 0 amide bonds. The molecule has 23 heavy (non-hydrogen) atoms. The summed E-state index contributed by atoms with van der Waals surface area (Å²) in [5.74, 6) is -0.102. The largest absolute Gasteiger partial charge is 0.206 e. The zero-order chi connectivity index (χ0) is 17.4. The van der Waals surface area contributed by atoms with Gasteiger partial charge in [-0.3, -0.25) is 0 Å². The molecule has 124 valence electrons. The molecule has 2 aromatic carbocycles. The summed E-state index contributed by atoms with van der Waals surface area (Å²) in [7, 11) is -1.42. The number of hydrogen-bond acceptors (Lipinski definition) is 0. The molecule has 0 N–H and O–H groups in total. The van der Waals surface area contributed by atoms with Gasteiger partial charge in [-0.15, -0.1) is 0 Å². The second-order valence-corrected chi connectivity index (χ2v) is 13.8. The van der Waals surface area contributed by atoms with Crippen molar-refractivity contribution in [2.45, 2.75) is 53.8 Å². The molecule has 0 spiro atoms. The van der Waals surface area contributed by atoms with E-state index in [1.54, 1.807) is 0 Å². The van der Waals surface area contributed by atoms with Crippen molar-refractivity contribution in [3.63, 3.8) is 0 Å². The van der Waals surface area contributed by atoms with Gasteiger partial charge in [-0.05, 0) is 35.4 Å². The van der Waals surface area contributed by atoms with Gasteiger partial charge in [0.2, 0.25) is 0 Å². The van der Waals surface area contributed by atoms with E-state index in [9.17, 15) is 4.39 Å². The van der Waals surface area contributed by atoms with Crippen LogP contribution in [-0.4, -0.2) is 8.07 Å². The number of aryl methyl sites for hydroxylation is 1. The van der Waals surface area contributed by atoms with Crippen LogP contribution in [-0.2, 0) is 6.42 Å². The fraction of sp³-hybridized carbons (Fsp3) is 0.429. The van der Waals surface area contributed by atoms with Crippen LogP contribution in [0.3, 0.4) is 0 Å². The van der Waals surface area contributed by atoms with Crippen LogP contribution in [0.2, 0.25) is 19.6 Å². The highest BCUT2D eigenvalue weighted by atomic mass is 28.3. The molecule has 0 heterocycles. The van der Waals surface area contributed by atoms with Crippen molar-refractivity contribution >= 4 is 13.3 Å². The molecule has 2 aromatic rings. The van der Waals surface area contributed by atoms with Crippen molar-refractivity contribution in [3.05, 3.63) is 53.3 Å². The van der Waals surface area contributed by atoms with Crippen molar-refractivity contribution in [1.82, 2.24) is 0 Å². The third-order valence-corrected chi connectivity index (χ3v) is 6.24. The summed E-state index contributed by atoms with van der Waals surface area (Å²) >= 11 is 0. The molecule has 0 aliphatic heterocycles. The van der Waals surface area contributed by atoms with E-state index in [0.717, 1.165) is 12.0 Å². The van der Waals surface area contributed by atoms with Gasteiger partial charge in [0.25, 0.3) is 0 Å². The molecule has 0 bridgehead atoms. The Morgan fingerprint density at radius 3 is 2.22 bits per heavy atom. The van der Waals surface area contributed by atoms with Gasteiger partial charge in [0.05, 0.1) is 8.07 Å². The molecular weight excluding hydrogens is 299 g/mol. The van der Waals surface area contributed by atoms with E-state index in [1.807, 2.05) is 25.1 Å². The number of hydrogen-bond donors (Lipinski definition) is 0. The third kappa shape index (κ3) is 4.32. The summed E-state index contributed by atoms with van der Waals surface area (Å²) < 4.78 is 14.5. The molecule has 0 saturated carbocycles. The maximum Gasteiger partial charge on any atom is 0.133 e. The quantitative estimate of drug-likeness (QED) is 0.612. The van der Waals surface area contributed by atoms with Crippen molar-refractivity contribution in [1.29, 1.82) is 0 Å². The van der Waals surface area contributed by atoms with Gasteiger partial charge in [0, 0.05) is 5.56 Å². The molecule has 0 aliphatic rings. The Morgan fingerprint density at radius 2 is 1.65 bits per heavy atom. The topological polar surface area (TPSA) is 0 Å². The standard InChI is InChI=1S/C21H29FSi/c1-15-9-8-10-18(20(15)22)16-11-12-19(23(5,6)7)17(13-16)14-21(2,3)4/h8-13H,14H2,1-7H3. The molecule has 2 heteroatoms. The van der Waals surface area contributed by atoms with E-state index < -0.39 is 8.07 Å². The SMILES string of the molecule is Cc1cccc(-c2ccc([Si](C)(C)C)c(CC(C)(C)C)c2)c1F. The van der Waals surface area contributed by atoms with Crippen molar-refractivity contribution in [3.8, 4) is 11.1 Å². The summed E-state index contributed by atoms with van der Waals surface area (Å²) in [6, 6.07) is 12.2. The van der Waals surface area contributed by atoms with Gasteiger partial charge in [0.15, 0.2) is 0 Å². The average Bonchev–Trinajstić information content (AvgIpc) is 2.38. The smallest absolute Gasteiger partial charge is 0.133 e.